The molecule has 1 aliphatic carbocycles. The fourth-order valence-corrected chi connectivity index (χ4v) is 1.97. The summed E-state index contributed by atoms with van der Waals surface area (Å²) in [5.74, 6) is -0.337. The third-order valence-corrected chi connectivity index (χ3v) is 3.06. The van der Waals surface area contributed by atoms with Crippen molar-refractivity contribution in [1.82, 2.24) is 14.7 Å². The minimum absolute atomic E-state index is 0.0718. The van der Waals surface area contributed by atoms with Crippen molar-refractivity contribution in [1.29, 1.82) is 0 Å². The van der Waals surface area contributed by atoms with Crippen LogP contribution in [0.5, 0.6) is 0 Å². The van der Waals surface area contributed by atoms with Gasteiger partial charge >= 0.3 is 5.97 Å². The Morgan fingerprint density at radius 2 is 2.33 bits per heavy atom. The minimum atomic E-state index is -1.02. The van der Waals surface area contributed by atoms with E-state index in [1.165, 1.54) is 12.8 Å². The lowest BCUT2D eigenvalue weighted by Gasteiger charge is -2.03. The van der Waals surface area contributed by atoms with E-state index in [1.807, 2.05) is 0 Å². The van der Waals surface area contributed by atoms with Crippen LogP contribution in [-0.4, -0.2) is 26.5 Å². The Kier molecular flexibility index (Phi) is 2.45. The zero-order valence-electron chi connectivity index (χ0n) is 9.76. The van der Waals surface area contributed by atoms with Crippen LogP contribution in [0.3, 0.4) is 0 Å². The normalized spacial score (nSPS) is 15.1. The van der Waals surface area contributed by atoms with Gasteiger partial charge in [0, 0.05) is 17.9 Å². The van der Waals surface area contributed by atoms with Gasteiger partial charge in [-0.15, -0.1) is 0 Å². The first kappa shape index (κ1) is 11.0. The fourth-order valence-electron chi connectivity index (χ4n) is 1.97. The number of fused-ring (bicyclic) bond motifs is 1. The molecule has 0 aliphatic heterocycles. The number of carboxylic acids is 1. The van der Waals surface area contributed by atoms with Gasteiger partial charge in [-0.25, -0.2) is 9.78 Å². The Morgan fingerprint density at radius 3 is 3.00 bits per heavy atom. The SMILES string of the molecule is Nc1ccc2c(C(=O)O)nc(CNC3CC3)n2c1. The van der Waals surface area contributed by atoms with Crippen molar-refractivity contribution in [3.8, 4) is 0 Å². The molecule has 0 radical (unpaired) electrons. The van der Waals surface area contributed by atoms with Crippen LogP contribution in [0.15, 0.2) is 18.3 Å². The van der Waals surface area contributed by atoms with E-state index in [4.69, 9.17) is 10.8 Å². The summed E-state index contributed by atoms with van der Waals surface area (Å²) in [6, 6.07) is 3.92. The maximum Gasteiger partial charge on any atom is 0.356 e. The van der Waals surface area contributed by atoms with Crippen molar-refractivity contribution >= 4 is 17.2 Å². The summed E-state index contributed by atoms with van der Waals surface area (Å²) < 4.78 is 1.74. The van der Waals surface area contributed by atoms with Crippen molar-refractivity contribution < 1.29 is 9.90 Å². The number of nitrogen functional groups attached to an aromatic ring is 1. The molecular weight excluding hydrogens is 232 g/mol. The van der Waals surface area contributed by atoms with Gasteiger partial charge < -0.3 is 16.2 Å². The van der Waals surface area contributed by atoms with Crippen LogP contribution in [0.2, 0.25) is 0 Å². The predicted octanol–water partition coefficient (Wildman–Crippen LogP) is 0.867. The molecule has 0 bridgehead atoms. The van der Waals surface area contributed by atoms with E-state index in [-0.39, 0.29) is 5.69 Å². The Balaban J connectivity index is 2.04. The molecule has 0 spiro atoms. The number of carboxylic acid groups (broad SMARTS) is 1. The second-order valence-electron chi connectivity index (χ2n) is 4.55. The summed E-state index contributed by atoms with van der Waals surface area (Å²) in [7, 11) is 0. The van der Waals surface area contributed by atoms with Gasteiger partial charge in [-0.3, -0.25) is 4.40 Å². The second-order valence-corrected chi connectivity index (χ2v) is 4.55. The molecule has 1 fully saturated rings. The van der Waals surface area contributed by atoms with Crippen molar-refractivity contribution in [3.05, 3.63) is 29.8 Å². The average molecular weight is 246 g/mol. The lowest BCUT2D eigenvalue weighted by Crippen LogP contribution is -2.17. The molecule has 1 saturated carbocycles. The topological polar surface area (TPSA) is 92.7 Å². The second kappa shape index (κ2) is 3.99. The average Bonchev–Trinajstić information content (AvgIpc) is 3.08. The highest BCUT2D eigenvalue weighted by molar-refractivity contribution is 5.93. The van der Waals surface area contributed by atoms with Gasteiger partial charge in [-0.2, -0.15) is 0 Å². The molecular formula is C12H14N4O2. The van der Waals surface area contributed by atoms with Crippen LogP contribution in [0.4, 0.5) is 5.69 Å². The molecule has 18 heavy (non-hydrogen) atoms. The van der Waals surface area contributed by atoms with E-state index < -0.39 is 5.97 Å². The molecule has 6 nitrogen and oxygen atoms in total. The Bertz CT molecular complexity index is 616. The number of nitrogens with one attached hydrogen (secondary N) is 1. The molecule has 0 unspecified atom stereocenters. The first-order valence-corrected chi connectivity index (χ1v) is 5.88. The lowest BCUT2D eigenvalue weighted by molar-refractivity contribution is 0.0693. The predicted molar refractivity (Wildman–Crippen MR) is 66.4 cm³/mol. The molecule has 2 aromatic heterocycles. The number of pyridine rings is 1. The van der Waals surface area contributed by atoms with Gasteiger partial charge in [-0.1, -0.05) is 0 Å². The summed E-state index contributed by atoms with van der Waals surface area (Å²) in [6.45, 7) is 0.558. The smallest absolute Gasteiger partial charge is 0.356 e. The monoisotopic (exact) mass is 246 g/mol. The molecule has 0 saturated heterocycles. The lowest BCUT2D eigenvalue weighted by atomic mass is 10.3. The summed E-state index contributed by atoms with van der Waals surface area (Å²) in [5, 5.41) is 12.4. The number of hydrogen-bond acceptors (Lipinski definition) is 4. The van der Waals surface area contributed by atoms with Gasteiger partial charge in [-0.05, 0) is 25.0 Å². The molecule has 0 aromatic carbocycles. The highest BCUT2D eigenvalue weighted by Crippen LogP contribution is 2.20. The van der Waals surface area contributed by atoms with Crippen LogP contribution in [0.1, 0.15) is 29.2 Å². The van der Waals surface area contributed by atoms with Crippen LogP contribution in [0, 0.1) is 0 Å². The fraction of sp³-hybridized carbons (Fsp3) is 0.333. The number of aromatic carboxylic acids is 1. The zero-order chi connectivity index (χ0) is 12.7. The number of aromatic nitrogens is 2. The minimum Gasteiger partial charge on any atom is -0.476 e. The Labute approximate surface area is 103 Å². The molecule has 3 rings (SSSR count). The van der Waals surface area contributed by atoms with Crippen molar-refractivity contribution in [3.63, 3.8) is 0 Å². The third kappa shape index (κ3) is 1.91. The van der Waals surface area contributed by atoms with E-state index in [0.29, 0.717) is 29.6 Å². The van der Waals surface area contributed by atoms with E-state index in [0.717, 1.165) is 0 Å². The van der Waals surface area contributed by atoms with Crippen molar-refractivity contribution in [2.75, 3.05) is 5.73 Å². The summed E-state index contributed by atoms with van der Waals surface area (Å²) in [4.78, 5) is 15.3. The molecule has 4 N–H and O–H groups in total. The largest absolute Gasteiger partial charge is 0.476 e. The molecule has 0 atom stereocenters. The van der Waals surface area contributed by atoms with E-state index in [2.05, 4.69) is 10.3 Å². The van der Waals surface area contributed by atoms with E-state index >= 15 is 0 Å². The molecule has 2 heterocycles. The summed E-state index contributed by atoms with van der Waals surface area (Å²) >= 11 is 0. The summed E-state index contributed by atoms with van der Waals surface area (Å²) in [6.07, 6.45) is 4.06. The molecule has 6 heteroatoms. The maximum absolute atomic E-state index is 11.1. The van der Waals surface area contributed by atoms with Crippen molar-refractivity contribution in [2.45, 2.75) is 25.4 Å². The van der Waals surface area contributed by atoms with Crippen LogP contribution < -0.4 is 11.1 Å². The summed E-state index contributed by atoms with van der Waals surface area (Å²) in [5.41, 5.74) is 6.96. The number of nitrogens with two attached hydrogens (primary N) is 1. The van der Waals surface area contributed by atoms with Crippen molar-refractivity contribution in [2.24, 2.45) is 0 Å². The van der Waals surface area contributed by atoms with Crippen LogP contribution in [-0.2, 0) is 6.54 Å². The number of hydrogen-bond donors (Lipinski definition) is 3. The first-order chi connectivity index (χ1) is 8.65. The van der Waals surface area contributed by atoms with Gasteiger partial charge in [0.15, 0.2) is 5.69 Å². The number of imidazole rings is 1. The number of nitrogens with zero attached hydrogens (tertiary/aromatic N) is 2. The third-order valence-electron chi connectivity index (χ3n) is 3.06. The Hall–Kier alpha value is -2.08. The first-order valence-electron chi connectivity index (χ1n) is 5.88. The van der Waals surface area contributed by atoms with Gasteiger partial charge in [0.25, 0.3) is 0 Å². The van der Waals surface area contributed by atoms with Crippen LogP contribution in [0.25, 0.3) is 5.52 Å². The van der Waals surface area contributed by atoms with E-state index in [1.54, 1.807) is 22.7 Å². The number of carbonyl (C=O) groups is 1. The zero-order valence-corrected chi connectivity index (χ0v) is 9.76. The molecule has 1 aliphatic rings. The van der Waals surface area contributed by atoms with Gasteiger partial charge in [0.2, 0.25) is 0 Å². The van der Waals surface area contributed by atoms with Gasteiger partial charge in [0.1, 0.15) is 5.82 Å². The maximum atomic E-state index is 11.1. The quantitative estimate of drug-likeness (QED) is 0.744. The number of rotatable bonds is 4. The molecule has 94 valence electrons. The molecule has 2 aromatic rings. The number of anilines is 1. The van der Waals surface area contributed by atoms with Crippen LogP contribution >= 0.6 is 0 Å². The highest BCUT2D eigenvalue weighted by Gasteiger charge is 2.22. The molecule has 0 amide bonds. The van der Waals surface area contributed by atoms with E-state index in [9.17, 15) is 4.79 Å². The standard InChI is InChI=1S/C12H14N4O2/c13-7-1-4-9-11(12(17)18)15-10(16(9)6-7)5-14-8-2-3-8/h1,4,6,8,14H,2-3,5,13H2,(H,17,18). The highest BCUT2D eigenvalue weighted by atomic mass is 16.4. The van der Waals surface area contributed by atoms with Gasteiger partial charge in [0.05, 0.1) is 12.1 Å². The Morgan fingerprint density at radius 1 is 1.56 bits per heavy atom.